The molecule has 13 heteroatoms. The zero-order chi connectivity index (χ0) is 28.8. The van der Waals surface area contributed by atoms with Crippen LogP contribution in [-0.2, 0) is 41.7 Å². The SMILES string of the molecule is CC(C)C(NC(=O)CN)C(=O)NCc1ccc(CC(=O)NCC(=O)NC(C(=O)NCC(=O)O)C(C)C)cc1. The van der Waals surface area contributed by atoms with Gasteiger partial charge in [-0.3, -0.25) is 28.8 Å². The molecule has 0 aliphatic heterocycles. The fourth-order valence-corrected chi connectivity index (χ4v) is 3.30. The minimum absolute atomic E-state index is 0.00711. The molecule has 13 nitrogen and oxygen atoms in total. The number of carbonyl (C=O) groups excluding carboxylic acids is 5. The van der Waals surface area contributed by atoms with Crippen molar-refractivity contribution < 1.29 is 33.9 Å². The summed E-state index contributed by atoms with van der Waals surface area (Å²) in [6.45, 7) is 6.12. The van der Waals surface area contributed by atoms with E-state index < -0.39 is 48.2 Å². The second-order valence-electron chi connectivity index (χ2n) is 9.38. The lowest BCUT2D eigenvalue weighted by atomic mass is 10.0. The van der Waals surface area contributed by atoms with Gasteiger partial charge in [0.2, 0.25) is 29.5 Å². The molecule has 0 aromatic heterocycles. The molecular weight excluding hydrogens is 496 g/mol. The molecular formula is C25H38N6O7. The van der Waals surface area contributed by atoms with Crippen LogP contribution >= 0.6 is 0 Å². The molecule has 0 bridgehead atoms. The highest BCUT2D eigenvalue weighted by atomic mass is 16.4. The van der Waals surface area contributed by atoms with Crippen LogP contribution in [0.25, 0.3) is 0 Å². The molecule has 1 rings (SSSR count). The minimum Gasteiger partial charge on any atom is -0.480 e. The van der Waals surface area contributed by atoms with E-state index >= 15 is 0 Å². The molecule has 0 radical (unpaired) electrons. The maximum Gasteiger partial charge on any atom is 0.322 e. The summed E-state index contributed by atoms with van der Waals surface area (Å²) in [5.74, 6) is -4.00. The fraction of sp³-hybridized carbons (Fsp3) is 0.520. The summed E-state index contributed by atoms with van der Waals surface area (Å²) >= 11 is 0. The highest BCUT2D eigenvalue weighted by molar-refractivity contribution is 5.91. The number of amides is 5. The second kappa shape index (κ2) is 16.0. The van der Waals surface area contributed by atoms with Gasteiger partial charge in [-0.2, -0.15) is 0 Å². The third-order valence-electron chi connectivity index (χ3n) is 5.43. The van der Waals surface area contributed by atoms with Gasteiger partial charge < -0.3 is 37.4 Å². The highest BCUT2D eigenvalue weighted by Gasteiger charge is 2.25. The first-order valence-electron chi connectivity index (χ1n) is 12.2. The van der Waals surface area contributed by atoms with Crippen molar-refractivity contribution in [3.8, 4) is 0 Å². The molecule has 1 aromatic carbocycles. The van der Waals surface area contributed by atoms with Gasteiger partial charge in [-0.1, -0.05) is 52.0 Å². The highest BCUT2D eigenvalue weighted by Crippen LogP contribution is 2.07. The monoisotopic (exact) mass is 534 g/mol. The van der Waals surface area contributed by atoms with Crippen LogP contribution in [0, 0.1) is 11.8 Å². The summed E-state index contributed by atoms with van der Waals surface area (Å²) in [7, 11) is 0. The van der Waals surface area contributed by atoms with E-state index in [2.05, 4.69) is 26.6 Å². The topological polar surface area (TPSA) is 209 Å². The maximum atomic E-state index is 12.5. The average molecular weight is 535 g/mol. The first-order valence-corrected chi connectivity index (χ1v) is 12.2. The van der Waals surface area contributed by atoms with Crippen molar-refractivity contribution in [1.82, 2.24) is 26.6 Å². The van der Waals surface area contributed by atoms with Crippen LogP contribution in [0.1, 0.15) is 38.8 Å². The van der Waals surface area contributed by atoms with Crippen LogP contribution < -0.4 is 32.3 Å². The molecule has 0 spiro atoms. The molecule has 0 aliphatic rings. The predicted molar refractivity (Wildman–Crippen MR) is 138 cm³/mol. The van der Waals surface area contributed by atoms with Gasteiger partial charge in [-0.25, -0.2) is 0 Å². The Labute approximate surface area is 221 Å². The number of hydrogen-bond donors (Lipinski definition) is 7. The van der Waals surface area contributed by atoms with Crippen LogP contribution in [-0.4, -0.2) is 72.3 Å². The van der Waals surface area contributed by atoms with E-state index in [0.29, 0.717) is 5.56 Å². The van der Waals surface area contributed by atoms with E-state index in [1.807, 2.05) is 13.8 Å². The van der Waals surface area contributed by atoms with Gasteiger partial charge in [0.25, 0.3) is 0 Å². The molecule has 8 N–H and O–H groups in total. The number of carboxylic acids is 1. The normalized spacial score (nSPS) is 12.3. The molecule has 0 heterocycles. The van der Waals surface area contributed by atoms with Gasteiger partial charge in [0.15, 0.2) is 0 Å². The van der Waals surface area contributed by atoms with Crippen LogP contribution in [0.5, 0.6) is 0 Å². The Morgan fingerprint density at radius 3 is 1.71 bits per heavy atom. The molecule has 5 amide bonds. The van der Waals surface area contributed by atoms with Crippen molar-refractivity contribution >= 4 is 35.5 Å². The van der Waals surface area contributed by atoms with Gasteiger partial charge in [0, 0.05) is 6.54 Å². The molecule has 0 saturated heterocycles. The van der Waals surface area contributed by atoms with E-state index in [1.165, 1.54) is 0 Å². The number of carboxylic acid groups (broad SMARTS) is 1. The Kier molecular flexibility index (Phi) is 13.5. The van der Waals surface area contributed by atoms with Crippen molar-refractivity contribution in [3.63, 3.8) is 0 Å². The summed E-state index contributed by atoms with van der Waals surface area (Å²) in [5.41, 5.74) is 6.77. The Hall–Kier alpha value is -4.00. The lowest BCUT2D eigenvalue weighted by Gasteiger charge is -2.21. The summed E-state index contributed by atoms with van der Waals surface area (Å²) < 4.78 is 0. The van der Waals surface area contributed by atoms with E-state index in [9.17, 15) is 28.8 Å². The first kappa shape index (κ1) is 32.0. The number of nitrogens with one attached hydrogen (secondary N) is 5. The van der Waals surface area contributed by atoms with E-state index in [1.54, 1.807) is 38.1 Å². The lowest BCUT2D eigenvalue weighted by molar-refractivity contribution is -0.138. The van der Waals surface area contributed by atoms with Gasteiger partial charge in [-0.05, 0) is 23.0 Å². The van der Waals surface area contributed by atoms with Gasteiger partial charge in [-0.15, -0.1) is 0 Å². The number of rotatable bonds is 15. The number of aliphatic carboxylic acids is 1. The maximum absolute atomic E-state index is 12.5. The van der Waals surface area contributed by atoms with Crippen LogP contribution in [0.15, 0.2) is 24.3 Å². The first-order chi connectivity index (χ1) is 17.8. The van der Waals surface area contributed by atoms with Crippen LogP contribution in [0.3, 0.4) is 0 Å². The molecule has 38 heavy (non-hydrogen) atoms. The Morgan fingerprint density at radius 1 is 0.711 bits per heavy atom. The summed E-state index contributed by atoms with van der Waals surface area (Å²) in [6, 6.07) is 5.29. The third-order valence-corrected chi connectivity index (χ3v) is 5.43. The molecule has 2 unspecified atom stereocenters. The summed E-state index contributed by atoms with van der Waals surface area (Å²) in [4.78, 5) is 71.2. The van der Waals surface area contributed by atoms with Gasteiger partial charge in [0.1, 0.15) is 18.6 Å². The zero-order valence-corrected chi connectivity index (χ0v) is 22.1. The molecule has 1 aromatic rings. The van der Waals surface area contributed by atoms with Crippen molar-refractivity contribution in [2.75, 3.05) is 19.6 Å². The second-order valence-corrected chi connectivity index (χ2v) is 9.38. The lowest BCUT2D eigenvalue weighted by Crippen LogP contribution is -2.52. The standard InChI is InChI=1S/C25H38N6O7/c1-14(2)22(30-19(33)10-26)24(37)28-11-17-7-5-16(6-8-17)9-18(32)27-12-20(34)31-23(15(3)4)25(38)29-13-21(35)36/h5-8,14-15,22-23H,9-13,26H2,1-4H3,(H,27,32)(H,28,37)(H,29,38)(H,30,33)(H,31,34)(H,35,36). The quantitative estimate of drug-likeness (QED) is 0.139. The predicted octanol–water partition coefficient (Wildman–Crippen LogP) is -1.60. The van der Waals surface area contributed by atoms with E-state index in [0.717, 1.165) is 5.56 Å². The third kappa shape index (κ3) is 11.8. The molecule has 0 fully saturated rings. The number of benzene rings is 1. The van der Waals surface area contributed by atoms with Crippen molar-refractivity contribution in [2.24, 2.45) is 17.6 Å². The zero-order valence-electron chi connectivity index (χ0n) is 22.1. The molecule has 0 saturated carbocycles. The van der Waals surface area contributed by atoms with Crippen molar-refractivity contribution in [1.29, 1.82) is 0 Å². The smallest absolute Gasteiger partial charge is 0.322 e. The summed E-state index contributed by atoms with van der Waals surface area (Å²) in [5, 5.41) is 21.3. The van der Waals surface area contributed by atoms with Crippen molar-refractivity contribution in [2.45, 2.75) is 52.7 Å². The van der Waals surface area contributed by atoms with E-state index in [-0.39, 0.29) is 43.8 Å². The fourth-order valence-electron chi connectivity index (χ4n) is 3.30. The molecule has 0 aliphatic carbocycles. The Bertz CT molecular complexity index is 994. The van der Waals surface area contributed by atoms with Crippen molar-refractivity contribution in [3.05, 3.63) is 35.4 Å². The van der Waals surface area contributed by atoms with E-state index in [4.69, 9.17) is 10.8 Å². The molecule has 210 valence electrons. The van der Waals surface area contributed by atoms with Crippen LogP contribution in [0.4, 0.5) is 0 Å². The number of carbonyl (C=O) groups is 6. The largest absolute Gasteiger partial charge is 0.480 e. The average Bonchev–Trinajstić information content (AvgIpc) is 2.86. The van der Waals surface area contributed by atoms with Gasteiger partial charge in [0.05, 0.1) is 19.5 Å². The Balaban J connectivity index is 2.53. The number of nitrogens with two attached hydrogens (primary N) is 1. The number of hydrogen-bond acceptors (Lipinski definition) is 7. The molecule has 2 atom stereocenters. The van der Waals surface area contributed by atoms with Gasteiger partial charge >= 0.3 is 5.97 Å². The van der Waals surface area contributed by atoms with Crippen LogP contribution in [0.2, 0.25) is 0 Å². The Morgan fingerprint density at radius 2 is 1.21 bits per heavy atom. The minimum atomic E-state index is -1.20. The summed E-state index contributed by atoms with van der Waals surface area (Å²) in [6.07, 6.45) is 0.00711.